The molecular formula is C62H67FN12O12S2. The van der Waals surface area contributed by atoms with Gasteiger partial charge in [-0.25, -0.2) is 19.2 Å². The number of piperidine rings is 1. The quantitative estimate of drug-likeness (QED) is 0.0221. The minimum atomic E-state index is -1.13. The number of anilines is 4. The van der Waals surface area contributed by atoms with Gasteiger partial charge in [0.05, 0.1) is 47.7 Å². The van der Waals surface area contributed by atoms with Crippen LogP contribution in [0.5, 0.6) is 11.5 Å². The first-order valence-corrected chi connectivity index (χ1v) is 31.3. The van der Waals surface area contributed by atoms with Crippen LogP contribution in [0.25, 0.3) is 10.2 Å². The van der Waals surface area contributed by atoms with Gasteiger partial charge in [-0.2, -0.15) is 0 Å². The summed E-state index contributed by atoms with van der Waals surface area (Å²) in [6.07, 6.45) is 6.22. The van der Waals surface area contributed by atoms with E-state index in [1.807, 2.05) is 41.0 Å². The summed E-state index contributed by atoms with van der Waals surface area (Å²) in [6.45, 7) is 6.14. The number of rotatable bonds is 27. The van der Waals surface area contributed by atoms with Crippen molar-refractivity contribution in [1.82, 2.24) is 50.8 Å². The number of para-hydroxylation sites is 1. The molecule has 0 saturated carbocycles. The lowest BCUT2D eigenvalue weighted by molar-refractivity contribution is -0.136. The molecule has 27 heteroatoms. The van der Waals surface area contributed by atoms with Crippen molar-refractivity contribution in [3.05, 3.63) is 105 Å². The molecule has 3 aromatic carbocycles. The molecule has 0 aliphatic carbocycles. The monoisotopic (exact) mass is 1250 g/mol. The van der Waals surface area contributed by atoms with E-state index in [0.29, 0.717) is 105 Å². The van der Waals surface area contributed by atoms with Crippen molar-refractivity contribution in [1.29, 1.82) is 0 Å². The van der Waals surface area contributed by atoms with Crippen LogP contribution in [-0.4, -0.2) is 172 Å². The molecule has 3 aromatic heterocycles. The van der Waals surface area contributed by atoms with E-state index < -0.39 is 54.0 Å². The van der Waals surface area contributed by atoms with Gasteiger partial charge in [0.2, 0.25) is 23.6 Å². The number of fused-ring (bicyclic) bond motifs is 3. The zero-order valence-electron chi connectivity index (χ0n) is 49.0. The Kier molecular flexibility index (Phi) is 21.1. The van der Waals surface area contributed by atoms with Gasteiger partial charge in [0.15, 0.2) is 45.8 Å². The number of amides is 7. The lowest BCUT2D eigenvalue weighted by Crippen LogP contribution is -2.54. The Bertz CT molecular complexity index is 3690. The fraction of sp³-hybridized carbons (Fsp3) is 0.419. The Balaban J connectivity index is 0.548. The highest BCUT2D eigenvalue weighted by Crippen LogP contribution is 2.40. The first-order chi connectivity index (χ1) is 43.2. The molecular weight excluding hydrogens is 1190 g/mol. The summed E-state index contributed by atoms with van der Waals surface area (Å²) < 4.78 is 33.2. The van der Waals surface area contributed by atoms with E-state index in [0.717, 1.165) is 63.5 Å². The van der Waals surface area contributed by atoms with Crippen molar-refractivity contribution in [3.63, 3.8) is 0 Å². The fourth-order valence-electron chi connectivity index (χ4n) is 10.8. The summed E-state index contributed by atoms with van der Waals surface area (Å²) in [6, 6.07) is 15.7. The van der Waals surface area contributed by atoms with Gasteiger partial charge in [-0.15, -0.1) is 21.5 Å². The number of aromatic carboxylic acids is 1. The predicted molar refractivity (Wildman–Crippen MR) is 327 cm³/mol. The first-order valence-electron chi connectivity index (χ1n) is 29.7. The fourth-order valence-corrected chi connectivity index (χ4v) is 12.8. The lowest BCUT2D eigenvalue weighted by Gasteiger charge is -2.33. The molecule has 2 fully saturated rings. The Labute approximate surface area is 519 Å². The molecule has 466 valence electrons. The van der Waals surface area contributed by atoms with Gasteiger partial charge in [0, 0.05) is 86.6 Å². The van der Waals surface area contributed by atoms with E-state index in [9.17, 15) is 43.5 Å². The number of halogens is 1. The second kappa shape index (κ2) is 29.8. The number of nitrogens with one attached hydrogen (secondary N) is 4. The molecule has 0 bridgehead atoms. The number of aryl methyl sites for hydroxylation is 1. The number of benzene rings is 3. The summed E-state index contributed by atoms with van der Waals surface area (Å²) >= 11 is 2.84. The lowest BCUT2D eigenvalue weighted by atomic mass is 10.0. The molecule has 5 N–H and O–H groups in total. The molecule has 6 aromatic rings. The van der Waals surface area contributed by atoms with Crippen LogP contribution in [0, 0.1) is 24.6 Å². The molecule has 89 heavy (non-hydrogen) atoms. The number of piperazine rings is 1. The number of hydrogen-bond donors (Lipinski definition) is 5. The topological polar surface area (TPSA) is 297 Å². The molecule has 4 aliphatic heterocycles. The molecule has 1 unspecified atom stereocenters. The van der Waals surface area contributed by atoms with Crippen LogP contribution in [-0.2, 0) is 41.6 Å². The number of carbonyl (C=O) groups excluding carboxylic acids is 7. The van der Waals surface area contributed by atoms with Gasteiger partial charge in [-0.3, -0.25) is 48.7 Å². The maximum absolute atomic E-state index is 15.2. The van der Waals surface area contributed by atoms with E-state index in [1.54, 1.807) is 12.1 Å². The van der Waals surface area contributed by atoms with Crippen molar-refractivity contribution >= 4 is 102 Å². The number of thiazole rings is 2. The molecule has 24 nitrogen and oxygen atoms in total. The molecule has 10 rings (SSSR count). The molecule has 2 saturated heterocycles. The van der Waals surface area contributed by atoms with Gasteiger partial charge in [-0.1, -0.05) is 54.2 Å². The van der Waals surface area contributed by atoms with Crippen LogP contribution in [0.2, 0.25) is 0 Å². The summed E-state index contributed by atoms with van der Waals surface area (Å²) in [5, 5.41) is 31.4. The van der Waals surface area contributed by atoms with Crippen molar-refractivity contribution in [2.45, 2.75) is 90.0 Å². The third-order valence-corrected chi connectivity index (χ3v) is 17.6. The molecule has 4 aliphatic rings. The largest absolute Gasteiger partial charge is 0.491 e. The average molecular weight is 1260 g/mol. The minimum Gasteiger partial charge on any atom is -0.491 e. The predicted octanol–water partition coefficient (Wildman–Crippen LogP) is 6.09. The molecule has 0 spiro atoms. The van der Waals surface area contributed by atoms with E-state index in [1.165, 1.54) is 46.9 Å². The first kappa shape index (κ1) is 63.1. The van der Waals surface area contributed by atoms with E-state index in [2.05, 4.69) is 58.2 Å². The Hall–Kier alpha value is -8.97. The smallest absolute Gasteiger partial charge is 0.355 e. The second-order valence-electron chi connectivity index (χ2n) is 21.6. The van der Waals surface area contributed by atoms with Gasteiger partial charge in [0.1, 0.15) is 11.8 Å². The zero-order chi connectivity index (χ0) is 62.4. The summed E-state index contributed by atoms with van der Waals surface area (Å²) in [5.41, 5.74) is 3.32. The van der Waals surface area contributed by atoms with Crippen LogP contribution >= 0.6 is 22.7 Å². The highest BCUT2D eigenvalue weighted by molar-refractivity contribution is 7.22. The number of unbranched alkanes of at least 4 members (excludes halogenated alkanes) is 3. The van der Waals surface area contributed by atoms with Crippen LogP contribution in [0.15, 0.2) is 60.7 Å². The van der Waals surface area contributed by atoms with Crippen LogP contribution < -0.4 is 35.6 Å². The number of ether oxygens (including phenoxy) is 3. The van der Waals surface area contributed by atoms with Crippen LogP contribution in [0.3, 0.4) is 0 Å². The summed E-state index contributed by atoms with van der Waals surface area (Å²) in [4.78, 5) is 117. The standard InChI is InChI=1S/C62H67FN12O12S2/c1-38-40-14-10-28-74(56(40)71-70-55(38)69-61-66-43-15-6-7-17-47(43)88-61)62-68-54(60(83)84)48(89-62)18-11-33-86-45-23-21-39(36-42(45)63)12-9-27-72-29-31-73(32-30-72)52(79)20-5-3-2-4-19-49(76)64-25-34-85-35-26-65-51(78)37-87-46-16-8-13-41-53(46)59(82)75(58(41)81)44-22-24-50(77)67-57(44)80/h6-8,13,15-17,21,23,36,44H,2-5,10-11,14,18-20,22,24-35,37H2,1H3,(H,64,76)(H,65,78)(H,83,84)(H,66,69,70)(H,67,77,80). The second-order valence-corrected chi connectivity index (χ2v) is 23.7. The van der Waals surface area contributed by atoms with Crippen molar-refractivity contribution in [2.24, 2.45) is 0 Å². The minimum absolute atomic E-state index is 0.0111. The molecule has 0 radical (unpaired) electrons. The Morgan fingerprint density at radius 1 is 0.809 bits per heavy atom. The van der Waals surface area contributed by atoms with Gasteiger partial charge < -0.3 is 45.1 Å². The number of hydrogen-bond acceptors (Lipinski definition) is 20. The normalized spacial score (nSPS) is 15.7. The maximum Gasteiger partial charge on any atom is 0.355 e. The van der Waals surface area contributed by atoms with Crippen LogP contribution in [0.4, 0.5) is 26.3 Å². The van der Waals surface area contributed by atoms with Crippen molar-refractivity contribution in [2.75, 3.05) is 89.0 Å². The third-order valence-electron chi connectivity index (χ3n) is 15.5. The summed E-state index contributed by atoms with van der Waals surface area (Å²) in [5.74, 6) is 2.71. The van der Waals surface area contributed by atoms with Crippen LogP contribution in [0.1, 0.15) is 117 Å². The van der Waals surface area contributed by atoms with Gasteiger partial charge in [0.25, 0.3) is 17.7 Å². The molecule has 1 atom stereocenters. The SMILES string of the molecule is Cc1c(Nc2nc3ccccc3s2)nnc2c1CCCN2c1nc(C(=O)O)c(CCCOc2ccc(C#CCN3CCN(C(=O)CCCCCCC(=O)NCCOCCNC(=O)COc4cccc5c4C(=O)N(C4CCC(=O)NC4=O)C5=O)CC3)cc2F)s1. The third kappa shape index (κ3) is 15.8. The zero-order valence-corrected chi connectivity index (χ0v) is 50.7. The van der Waals surface area contributed by atoms with Gasteiger partial charge >= 0.3 is 5.97 Å². The van der Waals surface area contributed by atoms with Gasteiger partial charge in [-0.05, 0) is 94.3 Å². The number of aromatic nitrogens is 4. The number of carbonyl (C=O) groups is 8. The van der Waals surface area contributed by atoms with Crippen molar-refractivity contribution in [3.8, 4) is 23.3 Å². The number of carboxylic acid groups (broad SMARTS) is 1. The highest BCUT2D eigenvalue weighted by Gasteiger charge is 2.46. The average Bonchev–Trinajstić information content (AvgIpc) is 1.69. The maximum atomic E-state index is 15.2. The van der Waals surface area contributed by atoms with E-state index in [4.69, 9.17) is 14.2 Å². The Morgan fingerprint density at radius 3 is 2.37 bits per heavy atom. The Morgan fingerprint density at radius 2 is 1.60 bits per heavy atom. The summed E-state index contributed by atoms with van der Waals surface area (Å²) in [7, 11) is 0. The van der Waals surface area contributed by atoms with Crippen molar-refractivity contribution < 1.29 is 62.1 Å². The highest BCUT2D eigenvalue weighted by atomic mass is 32.1. The van der Waals surface area contributed by atoms with E-state index in [-0.39, 0.29) is 79.3 Å². The number of carboxylic acids is 1. The molecule has 7 amide bonds. The number of imide groups is 2. The molecule has 7 heterocycles. The van der Waals surface area contributed by atoms with E-state index >= 15 is 4.39 Å². The number of nitrogens with zero attached hydrogens (tertiary/aromatic N) is 8.